The van der Waals surface area contributed by atoms with Crippen LogP contribution in [0.2, 0.25) is 0 Å². The van der Waals surface area contributed by atoms with Crippen molar-refractivity contribution in [1.82, 2.24) is 19.8 Å². The van der Waals surface area contributed by atoms with Crippen LogP contribution in [0.15, 0.2) is 28.8 Å². The molecule has 2 heterocycles. The summed E-state index contributed by atoms with van der Waals surface area (Å²) in [7, 11) is -1.76. The first-order valence-corrected chi connectivity index (χ1v) is 11.5. The molecular formula is C19H25N5O5S. The summed E-state index contributed by atoms with van der Waals surface area (Å²) in [6, 6.07) is 6.59. The van der Waals surface area contributed by atoms with Crippen LogP contribution in [0.3, 0.4) is 0 Å². The highest BCUT2D eigenvalue weighted by Crippen LogP contribution is 2.50. The lowest BCUT2D eigenvalue weighted by molar-refractivity contribution is 0.244. The minimum absolute atomic E-state index is 0.0154. The van der Waals surface area contributed by atoms with Crippen LogP contribution in [0.25, 0.3) is 0 Å². The van der Waals surface area contributed by atoms with E-state index in [4.69, 9.17) is 9.26 Å². The number of hydrogen-bond donors (Lipinski definition) is 2. The Bertz CT molecular complexity index is 1040. The van der Waals surface area contributed by atoms with Crippen molar-refractivity contribution in [3.8, 4) is 5.75 Å². The number of nitrogens with zero attached hydrogens (tertiary/aromatic N) is 3. The van der Waals surface area contributed by atoms with Gasteiger partial charge in [-0.05, 0) is 49.9 Å². The summed E-state index contributed by atoms with van der Waals surface area (Å²) in [4.78, 5) is 16.9. The van der Waals surface area contributed by atoms with Crippen molar-refractivity contribution >= 4 is 21.7 Å². The van der Waals surface area contributed by atoms with Crippen LogP contribution in [0.1, 0.15) is 24.6 Å². The Morgan fingerprint density at radius 2 is 2.07 bits per heavy atom. The van der Waals surface area contributed by atoms with Gasteiger partial charge in [-0.1, -0.05) is 5.16 Å². The Morgan fingerprint density at radius 1 is 1.33 bits per heavy atom. The molecule has 4 rings (SSSR count). The number of amides is 2. The molecule has 2 amide bonds. The summed E-state index contributed by atoms with van der Waals surface area (Å²) in [5.74, 6) is 1.63. The van der Waals surface area contributed by atoms with Crippen LogP contribution >= 0.6 is 0 Å². The van der Waals surface area contributed by atoms with Gasteiger partial charge < -0.3 is 19.9 Å². The molecular weight excluding hydrogens is 410 g/mol. The van der Waals surface area contributed by atoms with Gasteiger partial charge in [0, 0.05) is 24.8 Å². The fraction of sp³-hybridized carbons (Fsp3) is 0.526. The van der Waals surface area contributed by atoms with E-state index in [-0.39, 0.29) is 24.5 Å². The van der Waals surface area contributed by atoms with E-state index in [0.29, 0.717) is 42.5 Å². The smallest absolute Gasteiger partial charge is 0.319 e. The largest absolute Gasteiger partial charge is 0.497 e. The number of nitrogens with one attached hydrogen (secondary N) is 2. The number of aryl methyl sites for hydroxylation is 1. The molecule has 1 aliphatic carbocycles. The van der Waals surface area contributed by atoms with Gasteiger partial charge in [-0.15, -0.1) is 0 Å². The molecule has 0 unspecified atom stereocenters. The molecule has 2 fully saturated rings. The minimum Gasteiger partial charge on any atom is -0.497 e. The zero-order chi connectivity index (χ0) is 21.5. The first kappa shape index (κ1) is 20.6. The number of fused-ring (bicyclic) bond motifs is 1. The summed E-state index contributed by atoms with van der Waals surface area (Å²) >= 11 is 0. The van der Waals surface area contributed by atoms with Crippen LogP contribution in [-0.4, -0.2) is 61.4 Å². The van der Waals surface area contributed by atoms with Gasteiger partial charge >= 0.3 is 6.03 Å². The lowest BCUT2D eigenvalue weighted by Gasteiger charge is -2.24. The highest BCUT2D eigenvalue weighted by molar-refractivity contribution is 7.88. The van der Waals surface area contributed by atoms with Crippen LogP contribution < -0.4 is 15.4 Å². The standard InChI is InChI=1S/C19H25N5O5S/c1-12-20-17(29-23-12)19-9-15(8-13(19)10-24(11-19)30(3,26)27)22-18(25)21-14-4-6-16(28-2)7-5-14/h4-7,13,15H,8-11H2,1-3H3,(H2,21,22,25)/t13-,15+,19-/m0/s1. The quantitative estimate of drug-likeness (QED) is 0.729. The van der Waals surface area contributed by atoms with Crippen molar-refractivity contribution in [3.05, 3.63) is 36.0 Å². The first-order valence-electron chi connectivity index (χ1n) is 9.67. The number of carbonyl (C=O) groups is 1. The number of urea groups is 1. The van der Waals surface area contributed by atoms with E-state index in [9.17, 15) is 13.2 Å². The lowest BCUT2D eigenvalue weighted by atomic mass is 9.80. The van der Waals surface area contributed by atoms with Crippen LogP contribution in [0.5, 0.6) is 5.75 Å². The summed E-state index contributed by atoms with van der Waals surface area (Å²) in [6.07, 6.45) is 2.36. The zero-order valence-electron chi connectivity index (χ0n) is 17.1. The molecule has 3 atom stereocenters. The molecule has 0 radical (unpaired) electrons. The molecule has 2 aliphatic rings. The highest BCUT2D eigenvalue weighted by atomic mass is 32.2. The second kappa shape index (κ2) is 7.55. The number of rotatable bonds is 5. The van der Waals surface area contributed by atoms with Crippen molar-refractivity contribution in [2.45, 2.75) is 31.2 Å². The highest BCUT2D eigenvalue weighted by Gasteiger charge is 2.59. The van der Waals surface area contributed by atoms with E-state index in [1.807, 2.05) is 0 Å². The minimum atomic E-state index is -3.34. The second-order valence-corrected chi connectivity index (χ2v) is 10.0. The van der Waals surface area contributed by atoms with E-state index in [0.717, 1.165) is 0 Å². The normalized spacial score (nSPS) is 26.4. The third kappa shape index (κ3) is 3.86. The molecule has 1 saturated carbocycles. The SMILES string of the molecule is COc1ccc(NC(=O)N[C@@H]2C[C@H]3CN(S(C)(=O)=O)C[C@@]3(c3nc(C)no3)C2)cc1. The number of anilines is 1. The van der Waals surface area contributed by atoms with E-state index < -0.39 is 15.4 Å². The van der Waals surface area contributed by atoms with Gasteiger partial charge in [-0.25, -0.2) is 17.5 Å². The van der Waals surface area contributed by atoms with E-state index in [2.05, 4.69) is 20.8 Å². The molecule has 0 bridgehead atoms. The van der Waals surface area contributed by atoms with Crippen molar-refractivity contribution in [2.24, 2.45) is 5.92 Å². The Kier molecular flexibility index (Phi) is 5.18. The number of benzene rings is 1. The molecule has 2 aromatic rings. The van der Waals surface area contributed by atoms with Crippen molar-refractivity contribution in [2.75, 3.05) is 31.8 Å². The zero-order valence-corrected chi connectivity index (χ0v) is 17.9. The van der Waals surface area contributed by atoms with E-state index >= 15 is 0 Å². The predicted molar refractivity (Wildman–Crippen MR) is 109 cm³/mol. The van der Waals surface area contributed by atoms with Crippen LogP contribution in [0, 0.1) is 12.8 Å². The van der Waals surface area contributed by atoms with Crippen LogP contribution in [0.4, 0.5) is 10.5 Å². The van der Waals surface area contributed by atoms with Gasteiger partial charge in [0.05, 0.1) is 18.8 Å². The molecule has 1 saturated heterocycles. The maximum Gasteiger partial charge on any atom is 0.319 e. The first-order chi connectivity index (χ1) is 14.2. The maximum absolute atomic E-state index is 12.5. The van der Waals surface area contributed by atoms with Gasteiger partial charge in [-0.3, -0.25) is 0 Å². The third-order valence-corrected chi connectivity index (χ3v) is 7.17. The van der Waals surface area contributed by atoms with Crippen molar-refractivity contribution in [1.29, 1.82) is 0 Å². The van der Waals surface area contributed by atoms with Crippen LogP contribution in [-0.2, 0) is 15.4 Å². The Balaban J connectivity index is 1.48. The Morgan fingerprint density at radius 3 is 2.67 bits per heavy atom. The molecule has 1 aliphatic heterocycles. The lowest BCUT2D eigenvalue weighted by Crippen LogP contribution is -2.40. The number of hydrogen-bond acceptors (Lipinski definition) is 7. The molecule has 2 N–H and O–H groups in total. The van der Waals surface area contributed by atoms with Gasteiger partial charge in [-0.2, -0.15) is 4.98 Å². The Hall–Kier alpha value is -2.66. The van der Waals surface area contributed by atoms with Gasteiger partial charge in [0.1, 0.15) is 5.75 Å². The number of aromatic nitrogens is 2. The third-order valence-electron chi connectivity index (χ3n) is 5.95. The van der Waals surface area contributed by atoms with Crippen molar-refractivity contribution < 1.29 is 22.5 Å². The fourth-order valence-corrected chi connectivity index (χ4v) is 5.46. The van der Waals surface area contributed by atoms with Gasteiger partial charge in [0.15, 0.2) is 5.82 Å². The van der Waals surface area contributed by atoms with E-state index in [1.165, 1.54) is 10.6 Å². The average molecular weight is 436 g/mol. The van der Waals surface area contributed by atoms with Crippen molar-refractivity contribution in [3.63, 3.8) is 0 Å². The molecule has 30 heavy (non-hydrogen) atoms. The predicted octanol–water partition coefficient (Wildman–Crippen LogP) is 1.50. The monoisotopic (exact) mass is 435 g/mol. The molecule has 162 valence electrons. The summed E-state index contributed by atoms with van der Waals surface area (Å²) in [5.41, 5.74) is 0.0551. The number of carbonyl (C=O) groups excluding carboxylic acids is 1. The van der Waals surface area contributed by atoms with Gasteiger partial charge in [0.25, 0.3) is 0 Å². The second-order valence-electron chi connectivity index (χ2n) is 8.02. The number of ether oxygens (including phenoxy) is 1. The number of methoxy groups -OCH3 is 1. The summed E-state index contributed by atoms with van der Waals surface area (Å²) in [5, 5.41) is 9.71. The van der Waals surface area contributed by atoms with E-state index in [1.54, 1.807) is 38.3 Å². The summed E-state index contributed by atoms with van der Waals surface area (Å²) in [6.45, 7) is 2.38. The molecule has 1 aromatic carbocycles. The molecule has 10 nitrogen and oxygen atoms in total. The summed E-state index contributed by atoms with van der Waals surface area (Å²) < 4.78 is 36.3. The molecule has 11 heteroatoms. The molecule has 0 spiro atoms. The Labute approximate surface area is 175 Å². The maximum atomic E-state index is 12.5. The van der Waals surface area contributed by atoms with Gasteiger partial charge in [0.2, 0.25) is 15.9 Å². The molecule has 1 aromatic heterocycles. The average Bonchev–Trinajstić information content (AvgIpc) is 3.34. The number of sulfonamides is 1. The fourth-order valence-electron chi connectivity index (χ4n) is 4.55. The topological polar surface area (TPSA) is 127 Å².